The van der Waals surface area contributed by atoms with Gasteiger partial charge in [-0.2, -0.15) is 0 Å². The summed E-state index contributed by atoms with van der Waals surface area (Å²) in [4.78, 5) is 20.9. The van der Waals surface area contributed by atoms with E-state index < -0.39 is 0 Å². The highest BCUT2D eigenvalue weighted by Crippen LogP contribution is 2.26. The summed E-state index contributed by atoms with van der Waals surface area (Å²) in [6.07, 6.45) is 1.67. The average molecular weight is 378 g/mol. The molecule has 1 N–H and O–H groups in total. The highest BCUT2D eigenvalue weighted by Gasteiger charge is 2.14. The van der Waals surface area contributed by atoms with Crippen LogP contribution in [-0.4, -0.2) is 36.4 Å². The summed E-state index contributed by atoms with van der Waals surface area (Å²) in [6, 6.07) is 11.8. The summed E-state index contributed by atoms with van der Waals surface area (Å²) in [6.45, 7) is 4.81. The summed E-state index contributed by atoms with van der Waals surface area (Å²) in [5.74, 6) is 0.578. The number of fused-ring (bicyclic) bond motifs is 3. The zero-order chi connectivity index (χ0) is 18.8. The number of nitrogens with one attached hydrogen (secondary N) is 1. The first-order chi connectivity index (χ1) is 13.2. The Labute approximate surface area is 160 Å². The first-order valence-corrected chi connectivity index (χ1v) is 9.61. The van der Waals surface area contributed by atoms with Crippen LogP contribution in [0.15, 0.2) is 47.8 Å². The lowest BCUT2D eigenvalue weighted by Gasteiger charge is -2.05. The lowest BCUT2D eigenvalue weighted by molar-refractivity contribution is -0.113. The Morgan fingerprint density at radius 3 is 2.89 bits per heavy atom. The van der Waals surface area contributed by atoms with Gasteiger partial charge in [-0.3, -0.25) is 4.79 Å². The number of rotatable bonds is 5. The number of aromatic nitrogens is 5. The van der Waals surface area contributed by atoms with Gasteiger partial charge in [0.05, 0.1) is 11.3 Å². The Balaban J connectivity index is 1.54. The van der Waals surface area contributed by atoms with Gasteiger partial charge < -0.3 is 9.88 Å². The number of carbonyl (C=O) groups is 1. The van der Waals surface area contributed by atoms with Crippen molar-refractivity contribution in [2.75, 3.05) is 11.1 Å². The molecular formula is C19H18N6OS. The Hall–Kier alpha value is -3.00. The Morgan fingerprint density at radius 2 is 2.07 bits per heavy atom. The van der Waals surface area contributed by atoms with E-state index in [0.717, 1.165) is 34.2 Å². The molecule has 3 heterocycles. The van der Waals surface area contributed by atoms with E-state index in [9.17, 15) is 4.79 Å². The first-order valence-electron chi connectivity index (χ1n) is 8.62. The van der Waals surface area contributed by atoms with E-state index in [2.05, 4.69) is 43.0 Å². The SMILES string of the molecule is CCn1c2ccccc2c2nnc(SCC(=O)Nc3cc(C)ccn3)nc21. The van der Waals surface area contributed by atoms with Crippen LogP contribution in [0.5, 0.6) is 0 Å². The van der Waals surface area contributed by atoms with Crippen molar-refractivity contribution < 1.29 is 4.79 Å². The van der Waals surface area contributed by atoms with Crippen molar-refractivity contribution in [3.05, 3.63) is 48.2 Å². The van der Waals surface area contributed by atoms with Gasteiger partial charge >= 0.3 is 0 Å². The molecule has 8 heteroatoms. The van der Waals surface area contributed by atoms with Crippen LogP contribution in [0.3, 0.4) is 0 Å². The molecule has 0 saturated heterocycles. The van der Waals surface area contributed by atoms with Crippen LogP contribution in [0.2, 0.25) is 0 Å². The lowest BCUT2D eigenvalue weighted by atomic mass is 10.2. The van der Waals surface area contributed by atoms with E-state index in [0.29, 0.717) is 11.0 Å². The van der Waals surface area contributed by atoms with Gasteiger partial charge in [0, 0.05) is 18.1 Å². The van der Waals surface area contributed by atoms with Crippen molar-refractivity contribution in [3.8, 4) is 0 Å². The molecule has 0 bridgehead atoms. The van der Waals surface area contributed by atoms with E-state index in [1.54, 1.807) is 6.20 Å². The van der Waals surface area contributed by atoms with Crippen LogP contribution in [0.25, 0.3) is 22.1 Å². The summed E-state index contributed by atoms with van der Waals surface area (Å²) in [5, 5.41) is 12.8. The smallest absolute Gasteiger partial charge is 0.236 e. The molecule has 136 valence electrons. The third-order valence-corrected chi connectivity index (χ3v) is 5.02. The number of thioether (sulfide) groups is 1. The van der Waals surface area contributed by atoms with E-state index in [1.807, 2.05) is 37.3 Å². The van der Waals surface area contributed by atoms with E-state index >= 15 is 0 Å². The molecule has 0 radical (unpaired) electrons. The lowest BCUT2D eigenvalue weighted by Crippen LogP contribution is -2.15. The number of nitrogens with zero attached hydrogens (tertiary/aromatic N) is 5. The number of para-hydroxylation sites is 1. The predicted molar refractivity (Wildman–Crippen MR) is 107 cm³/mol. The largest absolute Gasteiger partial charge is 0.324 e. The van der Waals surface area contributed by atoms with E-state index in [1.165, 1.54) is 11.8 Å². The number of amides is 1. The van der Waals surface area contributed by atoms with E-state index in [4.69, 9.17) is 0 Å². The van der Waals surface area contributed by atoms with Gasteiger partial charge in [0.2, 0.25) is 11.1 Å². The second-order valence-electron chi connectivity index (χ2n) is 6.08. The maximum atomic E-state index is 12.2. The summed E-state index contributed by atoms with van der Waals surface area (Å²) >= 11 is 1.26. The number of benzene rings is 1. The zero-order valence-electron chi connectivity index (χ0n) is 15.0. The average Bonchev–Trinajstić information content (AvgIpc) is 2.99. The van der Waals surface area contributed by atoms with Crippen LogP contribution in [0.1, 0.15) is 12.5 Å². The molecule has 0 saturated carbocycles. The third-order valence-electron chi connectivity index (χ3n) is 4.19. The number of anilines is 1. The molecule has 0 aliphatic rings. The molecule has 0 fully saturated rings. The highest BCUT2D eigenvalue weighted by atomic mass is 32.2. The van der Waals surface area contributed by atoms with Gasteiger partial charge in [-0.15, -0.1) is 10.2 Å². The summed E-state index contributed by atoms with van der Waals surface area (Å²) < 4.78 is 2.11. The maximum Gasteiger partial charge on any atom is 0.236 e. The summed E-state index contributed by atoms with van der Waals surface area (Å²) in [5.41, 5.74) is 3.70. The minimum Gasteiger partial charge on any atom is -0.324 e. The second kappa shape index (κ2) is 7.32. The topological polar surface area (TPSA) is 85.6 Å². The van der Waals surface area contributed by atoms with Gasteiger partial charge in [0.15, 0.2) is 5.65 Å². The Bertz CT molecular complexity index is 1140. The minimum absolute atomic E-state index is 0.155. The molecule has 0 aliphatic carbocycles. The molecule has 1 amide bonds. The monoisotopic (exact) mass is 378 g/mol. The first kappa shape index (κ1) is 17.4. The normalized spacial score (nSPS) is 11.2. The zero-order valence-corrected chi connectivity index (χ0v) is 15.8. The van der Waals surface area contributed by atoms with Crippen LogP contribution in [0.4, 0.5) is 5.82 Å². The molecule has 0 aliphatic heterocycles. The molecule has 1 aromatic carbocycles. The van der Waals surface area contributed by atoms with Crippen molar-refractivity contribution >= 4 is 45.6 Å². The van der Waals surface area contributed by atoms with Crippen molar-refractivity contribution in [2.45, 2.75) is 25.5 Å². The van der Waals surface area contributed by atoms with Crippen molar-refractivity contribution in [1.82, 2.24) is 24.7 Å². The molecule has 0 spiro atoms. The van der Waals surface area contributed by atoms with Crippen molar-refractivity contribution in [1.29, 1.82) is 0 Å². The molecule has 4 rings (SSSR count). The number of hydrogen-bond donors (Lipinski definition) is 1. The number of carbonyl (C=O) groups excluding carboxylic acids is 1. The Morgan fingerprint density at radius 1 is 1.22 bits per heavy atom. The molecule has 0 unspecified atom stereocenters. The van der Waals surface area contributed by atoms with Crippen LogP contribution >= 0.6 is 11.8 Å². The van der Waals surface area contributed by atoms with Crippen LogP contribution < -0.4 is 5.32 Å². The fourth-order valence-electron chi connectivity index (χ4n) is 2.98. The Kier molecular flexibility index (Phi) is 4.72. The summed E-state index contributed by atoms with van der Waals surface area (Å²) in [7, 11) is 0. The fraction of sp³-hybridized carbons (Fsp3) is 0.211. The maximum absolute atomic E-state index is 12.2. The third kappa shape index (κ3) is 3.48. The van der Waals surface area contributed by atoms with Gasteiger partial charge in [-0.1, -0.05) is 30.0 Å². The van der Waals surface area contributed by atoms with Crippen LogP contribution in [-0.2, 0) is 11.3 Å². The molecular weight excluding hydrogens is 360 g/mol. The van der Waals surface area contributed by atoms with Crippen molar-refractivity contribution in [2.24, 2.45) is 0 Å². The second-order valence-corrected chi connectivity index (χ2v) is 7.03. The quantitative estimate of drug-likeness (QED) is 0.536. The molecule has 3 aromatic heterocycles. The molecule has 7 nitrogen and oxygen atoms in total. The number of aryl methyl sites for hydroxylation is 2. The standard InChI is InChI=1S/C19H18N6OS/c1-3-25-14-7-5-4-6-13(14)17-18(25)22-19(24-23-17)27-11-16(26)21-15-10-12(2)8-9-20-15/h4-10H,3,11H2,1-2H3,(H,20,21,26). The number of pyridine rings is 1. The molecule has 27 heavy (non-hydrogen) atoms. The van der Waals surface area contributed by atoms with Gasteiger partial charge in [0.1, 0.15) is 11.3 Å². The highest BCUT2D eigenvalue weighted by molar-refractivity contribution is 7.99. The van der Waals surface area contributed by atoms with Crippen LogP contribution in [0, 0.1) is 6.92 Å². The van der Waals surface area contributed by atoms with Gasteiger partial charge in [0.25, 0.3) is 0 Å². The molecule has 4 aromatic rings. The van der Waals surface area contributed by atoms with E-state index in [-0.39, 0.29) is 11.7 Å². The minimum atomic E-state index is -0.155. The predicted octanol–water partition coefficient (Wildman–Crippen LogP) is 3.43. The molecule has 0 atom stereocenters. The number of hydrogen-bond acceptors (Lipinski definition) is 6. The fourth-order valence-corrected chi connectivity index (χ4v) is 3.57. The van der Waals surface area contributed by atoms with Crippen molar-refractivity contribution in [3.63, 3.8) is 0 Å². The van der Waals surface area contributed by atoms with Gasteiger partial charge in [-0.25, -0.2) is 9.97 Å². The van der Waals surface area contributed by atoms with Gasteiger partial charge in [-0.05, 0) is 37.6 Å².